The maximum absolute atomic E-state index is 11.9. The molecule has 6 heteroatoms. The van der Waals surface area contributed by atoms with Gasteiger partial charge >= 0.3 is 0 Å². The summed E-state index contributed by atoms with van der Waals surface area (Å²) in [4.78, 5) is 22.7. The number of anilines is 2. The molecule has 0 fully saturated rings. The van der Waals surface area contributed by atoms with E-state index in [1.807, 2.05) is 46.6 Å². The lowest BCUT2D eigenvalue weighted by molar-refractivity contribution is -0.120. The normalized spacial score (nSPS) is 10.6. The molecule has 0 aromatic carbocycles. The van der Waals surface area contributed by atoms with Crippen molar-refractivity contribution < 1.29 is 4.79 Å². The van der Waals surface area contributed by atoms with Crippen molar-refractivity contribution >= 4 is 17.5 Å². The van der Waals surface area contributed by atoms with E-state index in [-0.39, 0.29) is 11.9 Å². The summed E-state index contributed by atoms with van der Waals surface area (Å²) < 4.78 is 0. The van der Waals surface area contributed by atoms with Crippen LogP contribution < -0.4 is 15.5 Å². The van der Waals surface area contributed by atoms with E-state index in [9.17, 15) is 4.79 Å². The van der Waals surface area contributed by atoms with Gasteiger partial charge in [-0.15, -0.1) is 0 Å². The Labute approximate surface area is 121 Å². The number of amides is 1. The molecule has 1 amide bonds. The van der Waals surface area contributed by atoms with E-state index < -0.39 is 0 Å². The van der Waals surface area contributed by atoms with Gasteiger partial charge in [-0.2, -0.15) is 0 Å². The summed E-state index contributed by atoms with van der Waals surface area (Å²) >= 11 is 0. The van der Waals surface area contributed by atoms with Crippen LogP contribution in [0, 0.1) is 13.8 Å². The summed E-state index contributed by atoms with van der Waals surface area (Å²) in [7, 11) is 1.83. The Morgan fingerprint density at radius 2 is 1.95 bits per heavy atom. The van der Waals surface area contributed by atoms with E-state index in [2.05, 4.69) is 20.6 Å². The molecule has 0 bridgehead atoms. The highest BCUT2D eigenvalue weighted by Gasteiger charge is 2.17. The Kier molecular flexibility index (Phi) is 5.73. The van der Waals surface area contributed by atoms with Crippen molar-refractivity contribution in [2.24, 2.45) is 0 Å². The standard InChI is InChI=1S/C14H25N5O/c1-7-19(8-12(20)16-9(2)3)14-10(4)13(15-6)17-11(5)18-14/h9H,7-8H2,1-6H3,(H,16,20)(H,15,17,18). The molecule has 0 unspecified atom stereocenters. The number of nitrogens with zero attached hydrogens (tertiary/aromatic N) is 3. The third-order valence-corrected chi connectivity index (χ3v) is 2.93. The Morgan fingerprint density at radius 1 is 1.30 bits per heavy atom. The second kappa shape index (κ2) is 7.07. The minimum atomic E-state index is 0.00326. The molecule has 1 aromatic heterocycles. The average molecular weight is 279 g/mol. The molecule has 20 heavy (non-hydrogen) atoms. The molecule has 6 nitrogen and oxygen atoms in total. The average Bonchev–Trinajstić information content (AvgIpc) is 2.37. The fraction of sp³-hybridized carbons (Fsp3) is 0.643. The zero-order chi connectivity index (χ0) is 15.3. The van der Waals surface area contributed by atoms with Gasteiger partial charge < -0.3 is 15.5 Å². The first-order chi connectivity index (χ1) is 9.38. The third kappa shape index (κ3) is 4.08. The van der Waals surface area contributed by atoms with Crippen LogP contribution in [0.25, 0.3) is 0 Å². The Hall–Kier alpha value is -1.85. The summed E-state index contributed by atoms with van der Waals surface area (Å²) in [6.45, 7) is 10.7. The van der Waals surface area contributed by atoms with Gasteiger partial charge in [-0.1, -0.05) is 0 Å². The molecule has 1 heterocycles. The van der Waals surface area contributed by atoms with Crippen LogP contribution in [0.3, 0.4) is 0 Å². The van der Waals surface area contributed by atoms with Crippen LogP contribution in [0.4, 0.5) is 11.6 Å². The highest BCUT2D eigenvalue weighted by Crippen LogP contribution is 2.22. The van der Waals surface area contributed by atoms with Crippen molar-refractivity contribution in [2.45, 2.75) is 40.7 Å². The number of aromatic nitrogens is 2. The molecular weight excluding hydrogens is 254 g/mol. The first kappa shape index (κ1) is 16.2. The molecule has 0 aliphatic carbocycles. The van der Waals surface area contributed by atoms with Crippen molar-refractivity contribution in [3.63, 3.8) is 0 Å². The third-order valence-electron chi connectivity index (χ3n) is 2.93. The van der Waals surface area contributed by atoms with Crippen molar-refractivity contribution in [3.8, 4) is 0 Å². The number of carbonyl (C=O) groups is 1. The largest absolute Gasteiger partial charge is 0.373 e. The van der Waals surface area contributed by atoms with Gasteiger partial charge in [-0.05, 0) is 34.6 Å². The van der Waals surface area contributed by atoms with Gasteiger partial charge in [0.15, 0.2) is 0 Å². The maximum atomic E-state index is 11.9. The van der Waals surface area contributed by atoms with Crippen molar-refractivity contribution in [3.05, 3.63) is 11.4 Å². The lowest BCUT2D eigenvalue weighted by Crippen LogP contribution is -2.40. The number of nitrogens with one attached hydrogen (secondary N) is 2. The van der Waals surface area contributed by atoms with Crippen LogP contribution in [-0.4, -0.2) is 42.1 Å². The Balaban J connectivity index is 3.00. The number of rotatable bonds is 6. The van der Waals surface area contributed by atoms with Crippen LogP contribution >= 0.6 is 0 Å². The first-order valence-corrected chi connectivity index (χ1v) is 6.96. The van der Waals surface area contributed by atoms with E-state index >= 15 is 0 Å². The fourth-order valence-corrected chi connectivity index (χ4v) is 2.04. The highest BCUT2D eigenvalue weighted by atomic mass is 16.2. The lowest BCUT2D eigenvalue weighted by Gasteiger charge is -2.24. The van der Waals surface area contributed by atoms with Gasteiger partial charge in [-0.25, -0.2) is 9.97 Å². The van der Waals surface area contributed by atoms with Crippen LogP contribution in [0.2, 0.25) is 0 Å². The first-order valence-electron chi connectivity index (χ1n) is 6.96. The lowest BCUT2D eigenvalue weighted by atomic mass is 10.2. The van der Waals surface area contributed by atoms with Gasteiger partial charge in [0, 0.05) is 25.2 Å². The Bertz CT molecular complexity index is 473. The molecular formula is C14H25N5O. The molecule has 0 saturated heterocycles. The van der Waals surface area contributed by atoms with Crippen LogP contribution in [0.15, 0.2) is 0 Å². The van der Waals surface area contributed by atoms with E-state index in [4.69, 9.17) is 0 Å². The van der Waals surface area contributed by atoms with Crippen molar-refractivity contribution in [1.82, 2.24) is 15.3 Å². The van der Waals surface area contributed by atoms with Crippen molar-refractivity contribution in [1.29, 1.82) is 0 Å². The zero-order valence-electron chi connectivity index (χ0n) is 13.2. The quantitative estimate of drug-likeness (QED) is 0.825. The monoisotopic (exact) mass is 279 g/mol. The maximum Gasteiger partial charge on any atom is 0.239 e. The van der Waals surface area contributed by atoms with E-state index in [0.717, 1.165) is 17.2 Å². The smallest absolute Gasteiger partial charge is 0.239 e. The summed E-state index contributed by atoms with van der Waals surface area (Å²) in [6, 6.07) is 0.141. The molecule has 2 N–H and O–H groups in total. The fourth-order valence-electron chi connectivity index (χ4n) is 2.04. The summed E-state index contributed by atoms with van der Waals surface area (Å²) in [5, 5.41) is 5.96. The number of hydrogen-bond acceptors (Lipinski definition) is 5. The molecule has 1 rings (SSSR count). The number of hydrogen-bond donors (Lipinski definition) is 2. The number of aryl methyl sites for hydroxylation is 1. The van der Waals surface area contributed by atoms with E-state index in [0.29, 0.717) is 18.9 Å². The van der Waals surface area contributed by atoms with Crippen LogP contribution in [0.1, 0.15) is 32.2 Å². The van der Waals surface area contributed by atoms with Gasteiger partial charge in [0.25, 0.3) is 0 Å². The second-order valence-electron chi connectivity index (χ2n) is 5.05. The predicted molar refractivity (Wildman–Crippen MR) is 82.2 cm³/mol. The van der Waals surface area contributed by atoms with Gasteiger partial charge in [0.1, 0.15) is 17.5 Å². The van der Waals surface area contributed by atoms with E-state index in [1.54, 1.807) is 0 Å². The van der Waals surface area contributed by atoms with Gasteiger partial charge in [0.2, 0.25) is 5.91 Å². The number of likely N-dealkylation sites (N-methyl/N-ethyl adjacent to an activating group) is 1. The second-order valence-corrected chi connectivity index (χ2v) is 5.05. The Morgan fingerprint density at radius 3 is 2.45 bits per heavy atom. The van der Waals surface area contributed by atoms with Crippen molar-refractivity contribution in [2.75, 3.05) is 30.4 Å². The van der Waals surface area contributed by atoms with Gasteiger partial charge in [0.05, 0.1) is 6.54 Å². The minimum absolute atomic E-state index is 0.00326. The summed E-state index contributed by atoms with van der Waals surface area (Å²) in [6.07, 6.45) is 0. The molecule has 0 saturated carbocycles. The predicted octanol–water partition coefficient (Wildman–Crippen LogP) is 1.49. The minimum Gasteiger partial charge on any atom is -0.373 e. The van der Waals surface area contributed by atoms with Crippen LogP contribution in [0.5, 0.6) is 0 Å². The molecule has 112 valence electrons. The number of carbonyl (C=O) groups excluding carboxylic acids is 1. The molecule has 1 aromatic rings. The SMILES string of the molecule is CCN(CC(=O)NC(C)C)c1nc(C)nc(NC)c1C. The summed E-state index contributed by atoms with van der Waals surface area (Å²) in [5.41, 5.74) is 0.956. The summed E-state index contributed by atoms with van der Waals surface area (Å²) in [5.74, 6) is 2.31. The van der Waals surface area contributed by atoms with Crippen LogP contribution in [-0.2, 0) is 4.79 Å². The zero-order valence-corrected chi connectivity index (χ0v) is 13.2. The molecule has 0 aliphatic heterocycles. The molecule has 0 aliphatic rings. The molecule has 0 atom stereocenters. The van der Waals surface area contributed by atoms with Gasteiger partial charge in [-0.3, -0.25) is 4.79 Å². The van der Waals surface area contributed by atoms with E-state index in [1.165, 1.54) is 0 Å². The molecule has 0 radical (unpaired) electrons. The highest BCUT2D eigenvalue weighted by molar-refractivity contribution is 5.81. The topological polar surface area (TPSA) is 70.2 Å². The molecule has 0 spiro atoms.